The predicted molar refractivity (Wildman–Crippen MR) is 60.0 cm³/mol. The van der Waals surface area contributed by atoms with Gasteiger partial charge in [0.15, 0.2) is 6.29 Å². The third kappa shape index (κ3) is 10.5. The first-order chi connectivity index (χ1) is 5.54. The third-order valence-corrected chi connectivity index (χ3v) is 1.42. The van der Waals surface area contributed by atoms with E-state index < -0.39 is 31.0 Å². The van der Waals surface area contributed by atoms with Crippen LogP contribution in [0.3, 0.4) is 0 Å². The fourth-order valence-electron chi connectivity index (χ4n) is 0.618. The Labute approximate surface area is 168 Å². The average Bonchev–Trinajstić information content (AvgIpc) is 2.12. The zero-order chi connectivity index (χ0) is 9.72. The molecule has 0 radical (unpaired) electrons. The number of aldehydes is 1. The van der Waals surface area contributed by atoms with E-state index >= 15 is 0 Å². The van der Waals surface area contributed by atoms with Crippen molar-refractivity contribution in [2.45, 2.75) is 24.4 Å². The van der Waals surface area contributed by atoms with Gasteiger partial charge in [0, 0.05) is 0 Å². The molecule has 5 N–H and O–H groups in total. The van der Waals surface area contributed by atoms with E-state index in [1.165, 1.54) is 0 Å². The summed E-state index contributed by atoms with van der Waals surface area (Å²) in [5.74, 6) is 0. The molecule has 0 heterocycles. The summed E-state index contributed by atoms with van der Waals surface area (Å²) >= 11 is 0. The molecule has 15 heavy (non-hydrogen) atoms. The van der Waals surface area contributed by atoms with E-state index in [0.29, 0.717) is 0 Å². The Morgan fingerprint density at radius 1 is 1.07 bits per heavy atom. The van der Waals surface area contributed by atoms with E-state index in [9.17, 15) is 4.79 Å². The zero-order valence-electron chi connectivity index (χ0n) is 6.24. The summed E-state index contributed by atoms with van der Waals surface area (Å²) in [7, 11) is 0. The molecule has 0 aromatic heterocycles. The molecular weight excluding hydrogens is 254 g/mol. The zero-order valence-corrected chi connectivity index (χ0v) is 6.24. The number of rotatable bonds is 5. The second-order valence-corrected chi connectivity index (χ2v) is 2.36. The van der Waals surface area contributed by atoms with Gasteiger partial charge in [-0.1, -0.05) is 0 Å². The van der Waals surface area contributed by atoms with Gasteiger partial charge < -0.3 is 30.3 Å². The van der Waals surface area contributed by atoms with Crippen LogP contribution in [0.15, 0.2) is 0 Å². The van der Waals surface area contributed by atoms with Gasteiger partial charge in [-0.2, -0.15) is 0 Å². The van der Waals surface area contributed by atoms with Crippen LogP contribution in [-0.4, -0.2) is 167 Å². The van der Waals surface area contributed by atoms with Crippen LogP contribution in [0.25, 0.3) is 0 Å². The molecule has 0 fully saturated rings. The van der Waals surface area contributed by atoms with Gasteiger partial charge in [-0.15, -0.1) is 0 Å². The quantitative estimate of drug-likeness (QED) is 0.251. The van der Waals surface area contributed by atoms with Crippen LogP contribution >= 0.6 is 0 Å². The van der Waals surface area contributed by atoms with Crippen molar-refractivity contribution < 1.29 is 30.3 Å². The molecule has 0 spiro atoms. The molecule has 9 heteroatoms. The molecule has 0 unspecified atom stereocenters. The van der Waals surface area contributed by atoms with Crippen molar-refractivity contribution in [2.75, 3.05) is 6.61 Å². The Kier molecular flexibility index (Phi) is 26.3. The van der Waals surface area contributed by atoms with Gasteiger partial charge in [0.25, 0.3) is 0 Å². The minimum atomic E-state index is -1.79. The van der Waals surface area contributed by atoms with E-state index in [2.05, 4.69) is 0 Å². The third-order valence-electron chi connectivity index (χ3n) is 1.42. The molecular formula is C6H16KMgNaO6. The van der Waals surface area contributed by atoms with Crippen molar-refractivity contribution in [1.82, 2.24) is 0 Å². The van der Waals surface area contributed by atoms with Crippen LogP contribution in [0.1, 0.15) is 0 Å². The van der Waals surface area contributed by atoms with E-state index in [4.69, 9.17) is 25.5 Å². The summed E-state index contributed by atoms with van der Waals surface area (Å²) in [5, 5.41) is 43.5. The van der Waals surface area contributed by atoms with Gasteiger partial charge in [0.2, 0.25) is 0 Å². The Hall–Kier alpha value is 2.87. The number of hydrogen-bond acceptors (Lipinski definition) is 6. The van der Waals surface area contributed by atoms with Crippen LogP contribution in [0.4, 0.5) is 0 Å². The van der Waals surface area contributed by atoms with Crippen molar-refractivity contribution >= 4 is 110 Å². The standard InChI is InChI=1S/C6H12O6.K.Mg.Na.4H/c7-1-3(9)5(11)6(12)4(10)2-8;;;;;;;/h1,3-6,8-12H,2H2;;;;;;;/t3-,4+,5+,6+;;;;;;;/m0......./s1. The fraction of sp³-hybridized carbons (Fsp3) is 0.833. The molecule has 0 saturated heterocycles. The number of aliphatic hydroxyl groups is 5. The summed E-state index contributed by atoms with van der Waals surface area (Å²) in [4.78, 5) is 9.90. The molecule has 0 saturated carbocycles. The van der Waals surface area contributed by atoms with Gasteiger partial charge in [0.05, 0.1) is 6.61 Å². The van der Waals surface area contributed by atoms with Gasteiger partial charge in [0.1, 0.15) is 24.4 Å². The Morgan fingerprint density at radius 3 is 1.73 bits per heavy atom. The van der Waals surface area contributed by atoms with Crippen LogP contribution in [0.2, 0.25) is 0 Å². The molecule has 4 atom stereocenters. The Balaban J connectivity index is -0.000000202. The van der Waals surface area contributed by atoms with Crippen LogP contribution in [0.5, 0.6) is 0 Å². The number of hydrogen-bond donors (Lipinski definition) is 5. The minimum absolute atomic E-state index is 0. The molecule has 0 aromatic carbocycles. The molecule has 0 aromatic rings. The van der Waals surface area contributed by atoms with Crippen molar-refractivity contribution in [3.05, 3.63) is 0 Å². The normalized spacial score (nSPS) is 16.9. The van der Waals surface area contributed by atoms with Crippen LogP contribution in [-0.2, 0) is 4.79 Å². The fourth-order valence-corrected chi connectivity index (χ4v) is 0.618. The number of carbonyl (C=O) groups is 1. The summed E-state index contributed by atoms with van der Waals surface area (Å²) in [6, 6.07) is 0. The molecule has 0 rings (SSSR count). The molecule has 0 aliphatic rings. The first-order valence-electron chi connectivity index (χ1n) is 3.33. The summed E-state index contributed by atoms with van der Waals surface area (Å²) in [6.45, 7) is -0.760. The van der Waals surface area contributed by atoms with Crippen LogP contribution in [0, 0.1) is 0 Å². The predicted octanol–water partition coefficient (Wildman–Crippen LogP) is -5.59. The SMILES string of the molecule is O=C[C@H](O)[C@@H](O)[C@H](O)[C@H](O)CO.[KH].[MgH2].[NaH]. The van der Waals surface area contributed by atoms with Crippen molar-refractivity contribution in [3.8, 4) is 0 Å². The first kappa shape index (κ1) is 26.4. The monoisotopic (exact) mass is 270 g/mol. The molecule has 0 aliphatic carbocycles. The summed E-state index contributed by atoms with van der Waals surface area (Å²) in [5.41, 5.74) is 0. The van der Waals surface area contributed by atoms with Crippen molar-refractivity contribution in [1.29, 1.82) is 0 Å². The second-order valence-electron chi connectivity index (χ2n) is 2.36. The van der Waals surface area contributed by atoms with Gasteiger partial charge in [-0.05, 0) is 0 Å². The van der Waals surface area contributed by atoms with Gasteiger partial charge in [-0.3, -0.25) is 0 Å². The van der Waals surface area contributed by atoms with Crippen molar-refractivity contribution in [2.24, 2.45) is 0 Å². The van der Waals surface area contributed by atoms with Crippen molar-refractivity contribution in [3.63, 3.8) is 0 Å². The maximum atomic E-state index is 9.90. The molecule has 80 valence electrons. The summed E-state index contributed by atoms with van der Waals surface area (Å²) in [6.07, 6.45) is -6.84. The van der Waals surface area contributed by atoms with E-state index in [1.807, 2.05) is 0 Å². The molecule has 0 amide bonds. The number of carbonyl (C=O) groups excluding carboxylic acids is 1. The first-order valence-corrected chi connectivity index (χ1v) is 3.33. The van der Waals surface area contributed by atoms with Crippen LogP contribution < -0.4 is 0 Å². The van der Waals surface area contributed by atoms with E-state index in [0.717, 1.165) is 0 Å². The van der Waals surface area contributed by atoms with E-state index in [1.54, 1.807) is 0 Å². The second kappa shape index (κ2) is 14.9. The van der Waals surface area contributed by atoms with Gasteiger partial charge in [-0.25, -0.2) is 0 Å². The molecule has 0 aliphatic heterocycles. The average molecular weight is 271 g/mol. The maximum absolute atomic E-state index is 9.90. The topological polar surface area (TPSA) is 118 Å². The summed E-state index contributed by atoms with van der Waals surface area (Å²) < 4.78 is 0. The van der Waals surface area contributed by atoms with E-state index in [-0.39, 0.29) is 110 Å². The Morgan fingerprint density at radius 2 is 1.47 bits per heavy atom. The van der Waals surface area contributed by atoms with Gasteiger partial charge >= 0.3 is 104 Å². The molecule has 6 nitrogen and oxygen atoms in total. The molecule has 0 bridgehead atoms. The Bertz CT molecular complexity index is 154. The number of aliphatic hydroxyl groups excluding tert-OH is 5.